The molecule has 1 aromatic carbocycles. The zero-order valence-corrected chi connectivity index (χ0v) is 11.7. The van der Waals surface area contributed by atoms with Crippen molar-refractivity contribution < 1.29 is 9.90 Å². The highest BCUT2D eigenvalue weighted by Gasteiger charge is 2.28. The van der Waals surface area contributed by atoms with Gasteiger partial charge in [0.25, 0.3) is 0 Å². The maximum absolute atomic E-state index is 12.1. The van der Waals surface area contributed by atoms with E-state index >= 15 is 0 Å². The normalized spacial score (nSPS) is 15.6. The predicted octanol–water partition coefficient (Wildman–Crippen LogP) is 1.22. The molecule has 4 heteroatoms. The number of carbonyl (C=O) groups is 1. The lowest BCUT2D eigenvalue weighted by Gasteiger charge is -2.26. The highest BCUT2D eigenvalue weighted by atomic mass is 16.3. The molecule has 4 N–H and O–H groups in total. The van der Waals surface area contributed by atoms with E-state index < -0.39 is 5.54 Å². The van der Waals surface area contributed by atoms with Gasteiger partial charge in [-0.05, 0) is 25.3 Å². The molecule has 1 rings (SSSR count). The van der Waals surface area contributed by atoms with E-state index in [2.05, 4.69) is 5.32 Å². The molecule has 0 aliphatic carbocycles. The first-order valence-electron chi connectivity index (χ1n) is 6.74. The van der Waals surface area contributed by atoms with Gasteiger partial charge < -0.3 is 16.2 Å². The van der Waals surface area contributed by atoms with Crippen molar-refractivity contribution in [2.75, 3.05) is 6.61 Å². The summed E-state index contributed by atoms with van der Waals surface area (Å²) in [6.07, 6.45) is 2.08. The molecule has 0 aromatic heterocycles. The lowest BCUT2D eigenvalue weighted by atomic mass is 9.95. The van der Waals surface area contributed by atoms with E-state index in [1.165, 1.54) is 0 Å². The van der Waals surface area contributed by atoms with Crippen molar-refractivity contribution in [2.45, 2.75) is 44.7 Å². The largest absolute Gasteiger partial charge is 0.394 e. The second kappa shape index (κ2) is 7.26. The summed E-state index contributed by atoms with van der Waals surface area (Å²) < 4.78 is 0. The molecule has 19 heavy (non-hydrogen) atoms. The second-order valence-corrected chi connectivity index (χ2v) is 5.21. The second-order valence-electron chi connectivity index (χ2n) is 5.21. The molecule has 0 bridgehead atoms. The molecule has 0 heterocycles. The standard InChI is InChI=1S/C15H24N2O2/c1-3-9-15(2,16)14(19)17-13(11-18)10-12-7-5-4-6-8-12/h4-8,13,18H,3,9-11,16H2,1-2H3,(H,17,19). The monoisotopic (exact) mass is 264 g/mol. The summed E-state index contributed by atoms with van der Waals surface area (Å²) in [5.41, 5.74) is 6.18. The number of hydrogen-bond donors (Lipinski definition) is 3. The third-order valence-electron chi connectivity index (χ3n) is 3.17. The molecule has 0 aliphatic rings. The summed E-state index contributed by atoms with van der Waals surface area (Å²) in [6, 6.07) is 9.47. The summed E-state index contributed by atoms with van der Waals surface area (Å²) >= 11 is 0. The van der Waals surface area contributed by atoms with Gasteiger partial charge in [-0.1, -0.05) is 43.7 Å². The summed E-state index contributed by atoms with van der Waals surface area (Å²) in [5.74, 6) is -0.204. The fourth-order valence-corrected chi connectivity index (χ4v) is 2.04. The van der Waals surface area contributed by atoms with Crippen molar-refractivity contribution in [2.24, 2.45) is 5.73 Å². The number of rotatable bonds is 7. The van der Waals surface area contributed by atoms with Crippen LogP contribution in [-0.4, -0.2) is 29.2 Å². The van der Waals surface area contributed by atoms with E-state index in [4.69, 9.17) is 5.73 Å². The molecule has 0 saturated heterocycles. The number of nitrogens with two attached hydrogens (primary N) is 1. The summed E-state index contributed by atoms with van der Waals surface area (Å²) in [5, 5.41) is 12.2. The zero-order valence-electron chi connectivity index (χ0n) is 11.7. The Kier molecular flexibility index (Phi) is 5.99. The third kappa shape index (κ3) is 5.01. The Morgan fingerprint density at radius 1 is 1.42 bits per heavy atom. The van der Waals surface area contributed by atoms with Crippen molar-refractivity contribution in [3.63, 3.8) is 0 Å². The minimum absolute atomic E-state index is 0.0944. The van der Waals surface area contributed by atoms with Crippen molar-refractivity contribution >= 4 is 5.91 Å². The SMILES string of the molecule is CCCC(C)(N)C(=O)NC(CO)Cc1ccccc1. The highest BCUT2D eigenvalue weighted by molar-refractivity contribution is 5.85. The van der Waals surface area contributed by atoms with Crippen LogP contribution in [0.1, 0.15) is 32.3 Å². The van der Waals surface area contributed by atoms with Gasteiger partial charge in [0, 0.05) is 0 Å². The first-order chi connectivity index (χ1) is 8.99. The summed E-state index contributed by atoms with van der Waals surface area (Å²) in [6.45, 7) is 3.62. The van der Waals surface area contributed by atoms with Crippen LogP contribution >= 0.6 is 0 Å². The Morgan fingerprint density at radius 2 is 2.05 bits per heavy atom. The van der Waals surface area contributed by atoms with Crippen molar-refractivity contribution in [1.82, 2.24) is 5.32 Å². The smallest absolute Gasteiger partial charge is 0.240 e. The fraction of sp³-hybridized carbons (Fsp3) is 0.533. The molecule has 0 radical (unpaired) electrons. The van der Waals surface area contributed by atoms with E-state index in [0.717, 1.165) is 12.0 Å². The van der Waals surface area contributed by atoms with Gasteiger partial charge in [-0.15, -0.1) is 0 Å². The molecule has 2 atom stereocenters. The van der Waals surface area contributed by atoms with Crippen LogP contribution in [0, 0.1) is 0 Å². The number of hydrogen-bond acceptors (Lipinski definition) is 3. The molecule has 0 spiro atoms. The number of benzene rings is 1. The van der Waals surface area contributed by atoms with Crippen molar-refractivity contribution in [3.05, 3.63) is 35.9 Å². The molecule has 4 nitrogen and oxygen atoms in total. The molecule has 1 amide bonds. The minimum atomic E-state index is -0.876. The average Bonchev–Trinajstić information content (AvgIpc) is 2.39. The first-order valence-corrected chi connectivity index (χ1v) is 6.74. The molecular weight excluding hydrogens is 240 g/mol. The first kappa shape index (κ1) is 15.7. The van der Waals surface area contributed by atoms with Crippen LogP contribution in [0.5, 0.6) is 0 Å². The van der Waals surface area contributed by atoms with Gasteiger partial charge in [0.2, 0.25) is 5.91 Å². The maximum atomic E-state index is 12.1. The van der Waals surface area contributed by atoms with Gasteiger partial charge in [0.05, 0.1) is 18.2 Å². The molecule has 106 valence electrons. The highest BCUT2D eigenvalue weighted by Crippen LogP contribution is 2.10. The lowest BCUT2D eigenvalue weighted by molar-refractivity contribution is -0.127. The van der Waals surface area contributed by atoms with Gasteiger partial charge >= 0.3 is 0 Å². The van der Waals surface area contributed by atoms with Crippen molar-refractivity contribution in [1.29, 1.82) is 0 Å². The fourth-order valence-electron chi connectivity index (χ4n) is 2.04. The van der Waals surface area contributed by atoms with Crippen LogP contribution in [0.4, 0.5) is 0 Å². The Labute approximate surface area is 115 Å². The third-order valence-corrected chi connectivity index (χ3v) is 3.17. The molecule has 0 saturated carbocycles. The minimum Gasteiger partial charge on any atom is -0.394 e. The van der Waals surface area contributed by atoms with E-state index in [0.29, 0.717) is 12.8 Å². The predicted molar refractivity (Wildman–Crippen MR) is 76.7 cm³/mol. The molecular formula is C15H24N2O2. The van der Waals surface area contributed by atoms with E-state index in [1.54, 1.807) is 6.92 Å². The maximum Gasteiger partial charge on any atom is 0.240 e. The van der Waals surface area contributed by atoms with Gasteiger partial charge in [0.1, 0.15) is 0 Å². The molecule has 0 fully saturated rings. The number of nitrogens with one attached hydrogen (secondary N) is 1. The topological polar surface area (TPSA) is 75.4 Å². The van der Waals surface area contributed by atoms with Crippen LogP contribution < -0.4 is 11.1 Å². The summed E-state index contributed by atoms with van der Waals surface area (Å²) in [7, 11) is 0. The van der Waals surface area contributed by atoms with Gasteiger partial charge in [-0.2, -0.15) is 0 Å². The molecule has 2 unspecified atom stereocenters. The van der Waals surface area contributed by atoms with Crippen molar-refractivity contribution in [3.8, 4) is 0 Å². The Balaban J connectivity index is 2.60. The van der Waals surface area contributed by atoms with Crippen LogP contribution in [0.25, 0.3) is 0 Å². The van der Waals surface area contributed by atoms with Crippen LogP contribution in [0.2, 0.25) is 0 Å². The number of aliphatic hydroxyl groups is 1. The van der Waals surface area contributed by atoms with Gasteiger partial charge in [-0.25, -0.2) is 0 Å². The number of amides is 1. The quantitative estimate of drug-likeness (QED) is 0.693. The van der Waals surface area contributed by atoms with Gasteiger partial charge in [0.15, 0.2) is 0 Å². The van der Waals surface area contributed by atoms with Crippen LogP contribution in [0.3, 0.4) is 0 Å². The molecule has 1 aromatic rings. The number of carbonyl (C=O) groups excluding carboxylic acids is 1. The average molecular weight is 264 g/mol. The van der Waals surface area contributed by atoms with Gasteiger partial charge in [-0.3, -0.25) is 4.79 Å². The molecule has 0 aliphatic heterocycles. The number of aliphatic hydroxyl groups excluding tert-OH is 1. The Hall–Kier alpha value is -1.39. The van der Waals surface area contributed by atoms with E-state index in [9.17, 15) is 9.90 Å². The van der Waals surface area contributed by atoms with Crippen LogP contribution in [0.15, 0.2) is 30.3 Å². The summed E-state index contributed by atoms with van der Waals surface area (Å²) in [4.78, 5) is 12.1. The van der Waals surface area contributed by atoms with Crippen LogP contribution in [-0.2, 0) is 11.2 Å². The van der Waals surface area contributed by atoms with E-state index in [1.807, 2.05) is 37.3 Å². The Bertz CT molecular complexity index is 390. The lowest BCUT2D eigenvalue weighted by Crippen LogP contribution is -2.55. The Morgan fingerprint density at radius 3 is 2.58 bits per heavy atom. The van der Waals surface area contributed by atoms with E-state index in [-0.39, 0.29) is 18.6 Å². The zero-order chi connectivity index (χ0) is 14.3.